The third-order valence-corrected chi connectivity index (χ3v) is 7.18. The van der Waals surface area contributed by atoms with Crippen molar-refractivity contribution < 1.29 is 9.59 Å². The topological polar surface area (TPSA) is 52.7 Å². The summed E-state index contributed by atoms with van der Waals surface area (Å²) in [6, 6.07) is 10.2. The molecule has 0 saturated carbocycles. The number of hydrogen-bond donors (Lipinski definition) is 1. The molecule has 2 aliphatic rings. The van der Waals surface area contributed by atoms with Crippen LogP contribution < -0.4 is 10.2 Å². The van der Waals surface area contributed by atoms with Crippen LogP contribution in [0, 0.1) is 5.92 Å². The molecule has 1 aromatic carbocycles. The zero-order valence-corrected chi connectivity index (χ0v) is 18.0. The Morgan fingerprint density at radius 3 is 2.69 bits per heavy atom. The van der Waals surface area contributed by atoms with E-state index in [2.05, 4.69) is 34.7 Å². The first-order chi connectivity index (χ1) is 14.0. The summed E-state index contributed by atoms with van der Waals surface area (Å²) in [4.78, 5) is 30.2. The van der Waals surface area contributed by atoms with Crippen LogP contribution in [0.2, 0.25) is 0 Å². The average Bonchev–Trinajstić information content (AvgIpc) is 3.38. The second kappa shape index (κ2) is 8.67. The number of thiophene rings is 1. The molecule has 1 N–H and O–H groups in total. The molecule has 1 aromatic heterocycles. The minimum Gasteiger partial charge on any atom is -0.350 e. The molecule has 0 bridgehead atoms. The van der Waals surface area contributed by atoms with Gasteiger partial charge >= 0.3 is 0 Å². The first-order valence-corrected chi connectivity index (χ1v) is 11.4. The maximum atomic E-state index is 12.9. The number of amides is 2. The lowest BCUT2D eigenvalue weighted by Crippen LogP contribution is -2.41. The normalized spacial score (nSPS) is 18.5. The van der Waals surface area contributed by atoms with Gasteiger partial charge < -0.3 is 10.2 Å². The van der Waals surface area contributed by atoms with E-state index in [0.717, 1.165) is 36.7 Å². The molecule has 2 amide bonds. The van der Waals surface area contributed by atoms with Crippen molar-refractivity contribution in [2.24, 2.45) is 5.92 Å². The van der Waals surface area contributed by atoms with E-state index in [-0.39, 0.29) is 17.9 Å². The zero-order chi connectivity index (χ0) is 20.4. The fourth-order valence-corrected chi connectivity index (χ4v) is 5.25. The van der Waals surface area contributed by atoms with Crippen LogP contribution in [0.3, 0.4) is 0 Å². The van der Waals surface area contributed by atoms with Crippen LogP contribution in [-0.2, 0) is 11.2 Å². The van der Waals surface area contributed by atoms with Crippen molar-refractivity contribution in [3.63, 3.8) is 0 Å². The summed E-state index contributed by atoms with van der Waals surface area (Å²) in [7, 11) is 0. The van der Waals surface area contributed by atoms with Crippen molar-refractivity contribution in [3.05, 3.63) is 51.7 Å². The Kier molecular flexibility index (Phi) is 6.01. The van der Waals surface area contributed by atoms with Crippen LogP contribution in [0.4, 0.5) is 5.69 Å². The summed E-state index contributed by atoms with van der Waals surface area (Å²) in [5, 5.41) is 5.28. The number of benzene rings is 1. The highest BCUT2D eigenvalue weighted by molar-refractivity contribution is 7.10. The fourth-order valence-electron chi connectivity index (χ4n) is 4.39. The minimum absolute atomic E-state index is 0.0407. The SMILES string of the molecule is CC(=O)N1CCc2cc(C(=O)NC[C@H](c3cccs3)N3CCC(C)CC3)ccc21. The molecule has 0 unspecified atom stereocenters. The molecule has 3 heterocycles. The average molecular weight is 412 g/mol. The van der Waals surface area contributed by atoms with Crippen LogP contribution in [0.1, 0.15) is 53.5 Å². The van der Waals surface area contributed by atoms with Crippen molar-refractivity contribution in [3.8, 4) is 0 Å². The molecule has 4 rings (SSSR count). The van der Waals surface area contributed by atoms with Gasteiger partial charge in [-0.15, -0.1) is 11.3 Å². The van der Waals surface area contributed by atoms with Crippen molar-refractivity contribution in [2.45, 2.75) is 39.2 Å². The second-order valence-electron chi connectivity index (χ2n) is 8.22. The standard InChI is InChI=1S/C23H29N3O2S/c1-16-7-10-25(11-8-16)21(22-4-3-13-29-22)15-24-23(28)19-5-6-20-18(14-19)9-12-26(20)17(2)27/h3-6,13-14,16,21H,7-12,15H2,1-2H3,(H,24,28)/t21-/m1/s1. The first-order valence-electron chi connectivity index (χ1n) is 10.5. The number of fused-ring (bicyclic) bond motifs is 1. The molecule has 154 valence electrons. The van der Waals surface area contributed by atoms with Crippen LogP contribution in [-0.4, -0.2) is 42.9 Å². The van der Waals surface area contributed by atoms with Crippen molar-refractivity contribution in [2.75, 3.05) is 31.1 Å². The van der Waals surface area contributed by atoms with Crippen molar-refractivity contribution >= 4 is 28.8 Å². The van der Waals surface area contributed by atoms with Gasteiger partial charge in [-0.25, -0.2) is 0 Å². The molecular weight excluding hydrogens is 382 g/mol. The van der Waals surface area contributed by atoms with Gasteiger partial charge in [0.2, 0.25) is 5.91 Å². The summed E-state index contributed by atoms with van der Waals surface area (Å²) in [6.07, 6.45) is 3.24. The molecule has 6 heteroatoms. The predicted molar refractivity (Wildman–Crippen MR) is 118 cm³/mol. The lowest BCUT2D eigenvalue weighted by molar-refractivity contribution is -0.116. The van der Waals surface area contributed by atoms with E-state index < -0.39 is 0 Å². The molecule has 5 nitrogen and oxygen atoms in total. The number of hydrogen-bond acceptors (Lipinski definition) is 4. The molecule has 1 saturated heterocycles. The number of rotatable bonds is 5. The summed E-state index contributed by atoms with van der Waals surface area (Å²) >= 11 is 1.76. The Hall–Kier alpha value is -2.18. The van der Waals surface area contributed by atoms with Gasteiger partial charge in [0.1, 0.15) is 0 Å². The van der Waals surface area contributed by atoms with Gasteiger partial charge in [0.25, 0.3) is 5.91 Å². The highest BCUT2D eigenvalue weighted by Crippen LogP contribution is 2.30. The number of piperidine rings is 1. The van der Waals surface area contributed by atoms with E-state index in [0.29, 0.717) is 18.7 Å². The number of likely N-dealkylation sites (tertiary alicyclic amines) is 1. The van der Waals surface area contributed by atoms with Gasteiger partial charge in [-0.1, -0.05) is 13.0 Å². The first kappa shape index (κ1) is 20.1. The molecule has 0 aliphatic carbocycles. The third-order valence-electron chi connectivity index (χ3n) is 6.20. The van der Waals surface area contributed by atoms with E-state index in [4.69, 9.17) is 0 Å². The predicted octanol–water partition coefficient (Wildman–Crippen LogP) is 3.86. The van der Waals surface area contributed by atoms with Crippen molar-refractivity contribution in [1.29, 1.82) is 0 Å². The van der Waals surface area contributed by atoms with Crippen LogP contribution in [0.15, 0.2) is 35.7 Å². The molecule has 0 spiro atoms. The molecule has 1 fully saturated rings. The zero-order valence-electron chi connectivity index (χ0n) is 17.2. The summed E-state index contributed by atoms with van der Waals surface area (Å²) in [6.45, 7) is 7.38. The van der Waals surface area contributed by atoms with Gasteiger partial charge in [-0.3, -0.25) is 14.5 Å². The minimum atomic E-state index is -0.0407. The maximum Gasteiger partial charge on any atom is 0.251 e. The summed E-state index contributed by atoms with van der Waals surface area (Å²) < 4.78 is 0. The molecule has 1 atom stereocenters. The van der Waals surface area contributed by atoms with E-state index in [9.17, 15) is 9.59 Å². The lowest BCUT2D eigenvalue weighted by Gasteiger charge is -2.36. The molecule has 2 aromatic rings. The quantitative estimate of drug-likeness (QED) is 0.813. The number of nitrogens with one attached hydrogen (secondary N) is 1. The molecular formula is C23H29N3O2S. The maximum absolute atomic E-state index is 12.9. The number of carbonyl (C=O) groups is 2. The van der Waals surface area contributed by atoms with Gasteiger partial charge in [0.15, 0.2) is 0 Å². The Morgan fingerprint density at radius 1 is 1.21 bits per heavy atom. The van der Waals surface area contributed by atoms with Crippen LogP contribution >= 0.6 is 11.3 Å². The molecule has 2 aliphatic heterocycles. The lowest BCUT2D eigenvalue weighted by atomic mass is 9.97. The van der Waals surface area contributed by atoms with Crippen LogP contribution in [0.25, 0.3) is 0 Å². The highest BCUT2D eigenvalue weighted by atomic mass is 32.1. The third kappa shape index (κ3) is 4.38. The van der Waals surface area contributed by atoms with Crippen LogP contribution in [0.5, 0.6) is 0 Å². The monoisotopic (exact) mass is 411 g/mol. The van der Waals surface area contributed by atoms with Crippen molar-refractivity contribution in [1.82, 2.24) is 10.2 Å². The Bertz CT molecular complexity index is 872. The van der Waals surface area contributed by atoms with E-state index >= 15 is 0 Å². The smallest absolute Gasteiger partial charge is 0.251 e. The summed E-state index contributed by atoms with van der Waals surface area (Å²) in [5.41, 5.74) is 2.69. The van der Waals surface area contributed by atoms with Gasteiger partial charge in [-0.05, 0) is 73.5 Å². The Labute approximate surface area is 176 Å². The number of anilines is 1. The van der Waals surface area contributed by atoms with E-state index in [1.54, 1.807) is 23.2 Å². The summed E-state index contributed by atoms with van der Waals surface area (Å²) in [5.74, 6) is 0.794. The number of nitrogens with zero attached hydrogens (tertiary/aromatic N) is 2. The molecule has 29 heavy (non-hydrogen) atoms. The highest BCUT2D eigenvalue weighted by Gasteiger charge is 2.27. The largest absolute Gasteiger partial charge is 0.350 e. The second-order valence-corrected chi connectivity index (χ2v) is 9.20. The number of carbonyl (C=O) groups excluding carboxylic acids is 2. The van der Waals surface area contributed by atoms with Gasteiger partial charge in [0, 0.05) is 36.1 Å². The van der Waals surface area contributed by atoms with Gasteiger partial charge in [-0.2, -0.15) is 0 Å². The Morgan fingerprint density at radius 2 is 2.00 bits per heavy atom. The molecule has 0 radical (unpaired) electrons. The Balaban J connectivity index is 1.44. The van der Waals surface area contributed by atoms with E-state index in [1.807, 2.05) is 18.2 Å². The van der Waals surface area contributed by atoms with Gasteiger partial charge in [0.05, 0.1) is 6.04 Å². The fraction of sp³-hybridized carbons (Fsp3) is 0.478. The van der Waals surface area contributed by atoms with E-state index in [1.165, 1.54) is 17.7 Å².